The van der Waals surface area contributed by atoms with Crippen LogP contribution in [0.4, 0.5) is 11.8 Å². The number of aryl methyl sites for hydroxylation is 1. The fourth-order valence-corrected chi connectivity index (χ4v) is 4.10. The molecule has 0 bridgehead atoms. The fourth-order valence-electron chi connectivity index (χ4n) is 4.10. The summed E-state index contributed by atoms with van der Waals surface area (Å²) in [5.74, 6) is 2.92. The topological polar surface area (TPSA) is 74.3 Å². The third-order valence-corrected chi connectivity index (χ3v) is 6.10. The van der Waals surface area contributed by atoms with Gasteiger partial charge in [0.15, 0.2) is 0 Å². The molecule has 172 valence electrons. The van der Waals surface area contributed by atoms with Crippen molar-refractivity contribution in [3.05, 3.63) is 35.5 Å². The first-order valence-electron chi connectivity index (χ1n) is 11.0. The summed E-state index contributed by atoms with van der Waals surface area (Å²) < 4.78 is 10.6. The number of benzene rings is 1. The summed E-state index contributed by atoms with van der Waals surface area (Å²) in [6, 6.07) is 7.33. The Morgan fingerprint density at radius 1 is 0.812 bits per heavy atom. The molecule has 2 aliphatic heterocycles. The van der Waals surface area contributed by atoms with Gasteiger partial charge in [0.25, 0.3) is 5.91 Å². The lowest BCUT2D eigenvalue weighted by Gasteiger charge is -2.36. The molecule has 1 amide bonds. The zero-order valence-corrected chi connectivity index (χ0v) is 19.4. The van der Waals surface area contributed by atoms with Gasteiger partial charge in [-0.05, 0) is 26.1 Å². The number of ether oxygens (including phenoxy) is 2. The Hall–Kier alpha value is -3.07. The number of likely N-dealkylation sites (N-methyl/N-ethyl adjacent to an activating group) is 1. The number of methoxy groups -OCH3 is 2. The fraction of sp³-hybridized carbons (Fsp3) is 0.522. The van der Waals surface area contributed by atoms with Gasteiger partial charge in [0.2, 0.25) is 5.95 Å². The van der Waals surface area contributed by atoms with Crippen LogP contribution in [0.3, 0.4) is 0 Å². The SMILES string of the molecule is COc1cc(OC)cc(C(=O)N2CCN(c3nc(C)cc(N4CCN(C)CC4)n3)CC2)c1. The molecule has 0 N–H and O–H groups in total. The highest BCUT2D eigenvalue weighted by Gasteiger charge is 2.25. The maximum Gasteiger partial charge on any atom is 0.254 e. The van der Waals surface area contributed by atoms with Crippen molar-refractivity contribution in [1.29, 1.82) is 0 Å². The minimum atomic E-state index is -0.0230. The molecule has 0 radical (unpaired) electrons. The van der Waals surface area contributed by atoms with Gasteiger partial charge in [-0.2, -0.15) is 4.98 Å². The first-order valence-corrected chi connectivity index (χ1v) is 11.0. The van der Waals surface area contributed by atoms with E-state index >= 15 is 0 Å². The number of nitrogens with zero attached hydrogens (tertiary/aromatic N) is 6. The Morgan fingerprint density at radius 2 is 1.41 bits per heavy atom. The highest BCUT2D eigenvalue weighted by Crippen LogP contribution is 2.25. The van der Waals surface area contributed by atoms with E-state index in [1.165, 1.54) is 0 Å². The van der Waals surface area contributed by atoms with Gasteiger partial charge in [0.1, 0.15) is 17.3 Å². The van der Waals surface area contributed by atoms with Crippen molar-refractivity contribution in [2.75, 3.05) is 83.4 Å². The number of carbonyl (C=O) groups excluding carboxylic acids is 1. The average Bonchev–Trinajstić information content (AvgIpc) is 2.83. The Kier molecular flexibility index (Phi) is 6.64. The van der Waals surface area contributed by atoms with Gasteiger partial charge in [-0.15, -0.1) is 0 Å². The maximum atomic E-state index is 13.1. The third kappa shape index (κ3) is 4.88. The van der Waals surface area contributed by atoms with Gasteiger partial charge < -0.3 is 29.1 Å². The lowest BCUT2D eigenvalue weighted by molar-refractivity contribution is 0.0745. The second-order valence-corrected chi connectivity index (χ2v) is 8.34. The molecule has 1 aromatic carbocycles. The minimum absolute atomic E-state index is 0.0230. The molecule has 32 heavy (non-hydrogen) atoms. The first-order chi connectivity index (χ1) is 15.5. The Morgan fingerprint density at radius 3 is 2.00 bits per heavy atom. The number of carbonyl (C=O) groups is 1. The van der Waals surface area contributed by atoms with Crippen LogP contribution in [0.5, 0.6) is 11.5 Å². The molecule has 2 aromatic rings. The van der Waals surface area contributed by atoms with Gasteiger partial charge in [-0.3, -0.25) is 4.79 Å². The van der Waals surface area contributed by atoms with Crippen LogP contribution in [0.2, 0.25) is 0 Å². The van der Waals surface area contributed by atoms with Crippen molar-refractivity contribution >= 4 is 17.7 Å². The van der Waals surface area contributed by atoms with Crippen LogP contribution in [-0.2, 0) is 0 Å². The van der Waals surface area contributed by atoms with Crippen LogP contribution in [-0.4, -0.2) is 99.3 Å². The Balaban J connectivity index is 1.43. The van der Waals surface area contributed by atoms with Crippen LogP contribution < -0.4 is 19.3 Å². The molecule has 0 unspecified atom stereocenters. The zero-order valence-electron chi connectivity index (χ0n) is 19.4. The van der Waals surface area contributed by atoms with Crippen molar-refractivity contribution in [3.8, 4) is 11.5 Å². The maximum absolute atomic E-state index is 13.1. The monoisotopic (exact) mass is 440 g/mol. The van der Waals surface area contributed by atoms with E-state index in [9.17, 15) is 4.79 Å². The highest BCUT2D eigenvalue weighted by atomic mass is 16.5. The van der Waals surface area contributed by atoms with Gasteiger partial charge in [-0.1, -0.05) is 0 Å². The number of hydrogen-bond donors (Lipinski definition) is 0. The van der Waals surface area contributed by atoms with Crippen LogP contribution >= 0.6 is 0 Å². The number of rotatable bonds is 5. The van der Waals surface area contributed by atoms with E-state index in [1.54, 1.807) is 32.4 Å². The first kappa shape index (κ1) is 22.1. The van der Waals surface area contributed by atoms with Crippen LogP contribution in [0.15, 0.2) is 24.3 Å². The van der Waals surface area contributed by atoms with Crippen molar-refractivity contribution in [2.45, 2.75) is 6.92 Å². The third-order valence-electron chi connectivity index (χ3n) is 6.10. The number of piperazine rings is 2. The summed E-state index contributed by atoms with van der Waals surface area (Å²) in [5, 5.41) is 0. The van der Waals surface area contributed by atoms with Gasteiger partial charge in [0.05, 0.1) is 14.2 Å². The van der Waals surface area contributed by atoms with E-state index in [2.05, 4.69) is 32.8 Å². The lowest BCUT2D eigenvalue weighted by Crippen LogP contribution is -2.49. The van der Waals surface area contributed by atoms with E-state index in [0.717, 1.165) is 43.6 Å². The van der Waals surface area contributed by atoms with Crippen molar-refractivity contribution in [3.63, 3.8) is 0 Å². The summed E-state index contributed by atoms with van der Waals surface area (Å²) in [5.41, 5.74) is 1.53. The lowest BCUT2D eigenvalue weighted by atomic mass is 10.1. The van der Waals surface area contributed by atoms with E-state index in [1.807, 2.05) is 11.8 Å². The minimum Gasteiger partial charge on any atom is -0.497 e. The number of anilines is 2. The van der Waals surface area contributed by atoms with Gasteiger partial charge in [-0.25, -0.2) is 4.98 Å². The zero-order chi connectivity index (χ0) is 22.7. The standard InChI is InChI=1S/C23H32N6O3/c1-17-13-21(27-7-5-26(2)6-8-27)25-23(24-17)29-11-9-28(10-12-29)22(30)18-14-19(31-3)16-20(15-18)32-4/h13-16H,5-12H2,1-4H3. The largest absolute Gasteiger partial charge is 0.497 e. The molecule has 4 rings (SSSR count). The molecule has 0 aliphatic carbocycles. The second kappa shape index (κ2) is 9.60. The molecule has 0 saturated carbocycles. The smallest absolute Gasteiger partial charge is 0.254 e. The van der Waals surface area contributed by atoms with Crippen LogP contribution in [0.25, 0.3) is 0 Å². The number of amides is 1. The Labute approximate surface area is 189 Å². The quantitative estimate of drug-likeness (QED) is 0.693. The molecule has 2 aliphatic rings. The molecule has 0 spiro atoms. The summed E-state index contributed by atoms with van der Waals surface area (Å²) in [4.78, 5) is 31.3. The number of hydrogen-bond acceptors (Lipinski definition) is 8. The summed E-state index contributed by atoms with van der Waals surface area (Å²) >= 11 is 0. The van der Waals surface area contributed by atoms with Crippen LogP contribution in [0.1, 0.15) is 16.1 Å². The average molecular weight is 441 g/mol. The van der Waals surface area contributed by atoms with Crippen LogP contribution in [0, 0.1) is 6.92 Å². The molecule has 9 heteroatoms. The van der Waals surface area contributed by atoms with Crippen molar-refractivity contribution in [1.82, 2.24) is 19.8 Å². The van der Waals surface area contributed by atoms with Crippen molar-refractivity contribution < 1.29 is 14.3 Å². The summed E-state index contributed by atoms with van der Waals surface area (Å²) in [6.45, 7) is 8.64. The van der Waals surface area contributed by atoms with Gasteiger partial charge in [0, 0.05) is 75.7 Å². The Bertz CT molecular complexity index is 930. The van der Waals surface area contributed by atoms with E-state index in [-0.39, 0.29) is 5.91 Å². The summed E-state index contributed by atoms with van der Waals surface area (Å²) in [6.07, 6.45) is 0. The second-order valence-electron chi connectivity index (χ2n) is 8.34. The molecule has 0 atom stereocenters. The predicted molar refractivity (Wildman–Crippen MR) is 124 cm³/mol. The normalized spacial score (nSPS) is 17.4. The molecule has 9 nitrogen and oxygen atoms in total. The molecular weight excluding hydrogens is 408 g/mol. The highest BCUT2D eigenvalue weighted by molar-refractivity contribution is 5.95. The summed E-state index contributed by atoms with van der Waals surface area (Å²) in [7, 11) is 5.32. The van der Waals surface area contributed by atoms with Gasteiger partial charge >= 0.3 is 0 Å². The van der Waals surface area contributed by atoms with E-state index in [4.69, 9.17) is 14.5 Å². The predicted octanol–water partition coefficient (Wildman–Crippen LogP) is 1.52. The van der Waals surface area contributed by atoms with E-state index in [0.29, 0.717) is 43.2 Å². The molecular formula is C23H32N6O3. The van der Waals surface area contributed by atoms with E-state index < -0.39 is 0 Å². The molecule has 1 aromatic heterocycles. The molecule has 2 saturated heterocycles. The molecule has 2 fully saturated rings. The number of aromatic nitrogens is 2. The van der Waals surface area contributed by atoms with Crippen molar-refractivity contribution in [2.24, 2.45) is 0 Å². The molecule has 3 heterocycles.